The minimum absolute atomic E-state index is 0.0679. The lowest BCUT2D eigenvalue weighted by Crippen LogP contribution is -2.60. The van der Waals surface area contributed by atoms with Gasteiger partial charge in [0.2, 0.25) is 17.6 Å². The fourth-order valence-electron chi connectivity index (χ4n) is 6.60. The van der Waals surface area contributed by atoms with Crippen LogP contribution in [-0.2, 0) is 32.0 Å². The highest BCUT2D eigenvalue weighted by Crippen LogP contribution is 2.31. The van der Waals surface area contributed by atoms with Crippen molar-refractivity contribution in [1.29, 1.82) is 0 Å². The van der Waals surface area contributed by atoms with Gasteiger partial charge in [0.25, 0.3) is 5.91 Å². The third-order valence-electron chi connectivity index (χ3n) is 9.46. The Morgan fingerprint density at radius 3 is 2.23 bits per heavy atom. The summed E-state index contributed by atoms with van der Waals surface area (Å²) in [5.74, 6) is -0.374. The van der Waals surface area contributed by atoms with Gasteiger partial charge in [0, 0.05) is 38.3 Å². The molecule has 57 heavy (non-hydrogen) atoms. The van der Waals surface area contributed by atoms with Crippen LogP contribution < -0.4 is 21.3 Å². The van der Waals surface area contributed by atoms with E-state index < -0.39 is 41.8 Å². The summed E-state index contributed by atoms with van der Waals surface area (Å²) in [6.07, 6.45) is 12.2. The number of likely N-dealkylation sites (N-methyl/N-ethyl adjacent to an activating group) is 1. The molecule has 312 valence electrons. The number of amides is 5. The Balaban J connectivity index is 0.00000214. The van der Waals surface area contributed by atoms with Gasteiger partial charge in [-0.3, -0.25) is 19.2 Å². The molecule has 13 heteroatoms. The topological polar surface area (TPSA) is 153 Å². The summed E-state index contributed by atoms with van der Waals surface area (Å²) in [5.41, 5.74) is 1.91. The minimum atomic E-state index is -1.15. The molecule has 1 saturated heterocycles. The number of urea groups is 1. The van der Waals surface area contributed by atoms with Gasteiger partial charge in [0.15, 0.2) is 0 Å². The average molecular weight is 804 g/mol. The van der Waals surface area contributed by atoms with Crippen molar-refractivity contribution in [1.82, 2.24) is 35.5 Å². The van der Waals surface area contributed by atoms with E-state index in [2.05, 4.69) is 52.6 Å². The number of nitrogens with zero attached hydrogens (tertiary/aromatic N) is 3. The zero-order valence-electron chi connectivity index (χ0n) is 35.2. The average Bonchev–Trinajstić information content (AvgIpc) is 3.86. The molecular weight excluding hydrogens is 739 g/mol. The van der Waals surface area contributed by atoms with Crippen LogP contribution in [0.25, 0.3) is 0 Å². The first-order valence-corrected chi connectivity index (χ1v) is 20.9. The zero-order chi connectivity index (χ0) is 42.5. The molecule has 4 unspecified atom stereocenters. The van der Waals surface area contributed by atoms with E-state index in [-0.39, 0.29) is 42.7 Å². The van der Waals surface area contributed by atoms with Gasteiger partial charge >= 0.3 is 6.03 Å². The van der Waals surface area contributed by atoms with Crippen LogP contribution in [0.3, 0.4) is 0 Å². The molecule has 4 N–H and O–H groups in total. The van der Waals surface area contributed by atoms with Gasteiger partial charge in [0.1, 0.15) is 17.1 Å². The number of terminal acetylenes is 1. The third-order valence-corrected chi connectivity index (χ3v) is 10.4. The highest BCUT2D eigenvalue weighted by Gasteiger charge is 2.43. The number of rotatable bonds is 16. The van der Waals surface area contributed by atoms with Gasteiger partial charge in [0.05, 0.1) is 6.04 Å². The maximum Gasteiger partial charge on any atom is 0.315 e. The highest BCUT2D eigenvalue weighted by molar-refractivity contribution is 7.96. The largest absolute Gasteiger partial charge is 0.346 e. The van der Waals surface area contributed by atoms with E-state index in [0.717, 1.165) is 16.2 Å². The monoisotopic (exact) mass is 803 g/mol. The molecule has 0 bridgehead atoms. The van der Waals surface area contributed by atoms with Crippen LogP contribution in [0.1, 0.15) is 91.7 Å². The van der Waals surface area contributed by atoms with Crippen LogP contribution in [0.5, 0.6) is 0 Å². The van der Waals surface area contributed by atoms with E-state index in [1.807, 2.05) is 88.4 Å². The van der Waals surface area contributed by atoms with Crippen molar-refractivity contribution >= 4 is 41.5 Å². The summed E-state index contributed by atoms with van der Waals surface area (Å²) >= 11 is 1.48. The van der Waals surface area contributed by atoms with Crippen LogP contribution in [0.4, 0.5) is 4.79 Å². The molecule has 0 saturated carbocycles. The summed E-state index contributed by atoms with van der Waals surface area (Å²) in [7, 11) is 1.94. The number of pyridine rings is 1. The number of benzene rings is 1. The molecule has 1 fully saturated rings. The molecule has 4 atom stereocenters. The normalized spacial score (nSPS) is 16.2. The van der Waals surface area contributed by atoms with Crippen molar-refractivity contribution in [2.45, 2.75) is 123 Å². The first kappa shape index (κ1) is 48.5. The first-order valence-electron chi connectivity index (χ1n) is 20.1. The van der Waals surface area contributed by atoms with Crippen LogP contribution in [0.15, 0.2) is 66.3 Å². The standard InChI is InChI=1S/C39H51N7O5S.C3H8.C2H6/c1-7-9-17-29(34(47)36(49)41-20-8-2)42-35(48)30-18-14-22-46(30)37(50)33(28-23-26-15-10-11-16-27(26)24-28)44-38(51)43-31(39(3,4)5)25-45(6)52-32-19-12-13-21-40-32;1-3-2;1-2/h1,8,10-13,15-16,19,21,28-31,33H,2,9,14,17-18,20,22-25H2,3-6H3,(H,41,49)(H,42,48)(H2,43,44,51);3H2,1-2H3;1-2H3. The molecule has 1 aromatic heterocycles. The van der Waals surface area contributed by atoms with Crippen LogP contribution >= 0.6 is 11.9 Å². The SMILES string of the molecule is C#CCCC(NC(=O)C1CCCN1C(=O)C(NC(=O)NC(CN(C)Sc1ccccn1)C(C)(C)C)C1Cc2ccccc2C1)C(=O)C(=O)NCC=C.CC.CCC. The Hall–Kier alpha value is -4.67. The zero-order valence-corrected chi connectivity index (χ0v) is 36.0. The van der Waals surface area contributed by atoms with E-state index >= 15 is 0 Å². The molecule has 1 aliphatic carbocycles. The molecular formula is C44H65N7O5S. The molecule has 5 amide bonds. The maximum absolute atomic E-state index is 14.5. The van der Waals surface area contributed by atoms with E-state index in [4.69, 9.17) is 6.42 Å². The van der Waals surface area contributed by atoms with E-state index in [1.54, 1.807) is 6.20 Å². The molecule has 1 aromatic carbocycles. The lowest BCUT2D eigenvalue weighted by atomic mass is 9.86. The molecule has 4 rings (SSSR count). The van der Waals surface area contributed by atoms with Crippen molar-refractivity contribution < 1.29 is 24.0 Å². The maximum atomic E-state index is 14.5. The number of hydrogen-bond acceptors (Lipinski definition) is 8. The van der Waals surface area contributed by atoms with Gasteiger partial charge < -0.3 is 26.2 Å². The predicted molar refractivity (Wildman–Crippen MR) is 229 cm³/mol. The van der Waals surface area contributed by atoms with Crippen LogP contribution in [0, 0.1) is 23.7 Å². The summed E-state index contributed by atoms with van der Waals surface area (Å²) < 4.78 is 2.02. The second-order valence-electron chi connectivity index (χ2n) is 15.1. The molecule has 0 spiro atoms. The summed E-state index contributed by atoms with van der Waals surface area (Å²) in [5, 5.41) is 12.2. The number of carbonyl (C=O) groups excluding carboxylic acids is 5. The van der Waals surface area contributed by atoms with Crippen molar-refractivity contribution in [3.8, 4) is 12.3 Å². The fraction of sp³-hybridized carbons (Fsp3) is 0.545. The number of aromatic nitrogens is 1. The Kier molecular flexibility index (Phi) is 21.1. The van der Waals surface area contributed by atoms with Gasteiger partial charge in [-0.25, -0.2) is 14.1 Å². The minimum Gasteiger partial charge on any atom is -0.346 e. The number of nitrogens with one attached hydrogen (secondary N) is 4. The van der Waals surface area contributed by atoms with E-state index in [9.17, 15) is 24.0 Å². The van der Waals surface area contributed by atoms with Crippen molar-refractivity contribution in [3.63, 3.8) is 0 Å². The number of hydrogen-bond donors (Lipinski definition) is 4. The second-order valence-corrected chi connectivity index (χ2v) is 16.3. The highest BCUT2D eigenvalue weighted by atomic mass is 32.2. The smallest absolute Gasteiger partial charge is 0.315 e. The number of carbonyl (C=O) groups is 5. The van der Waals surface area contributed by atoms with Gasteiger partial charge in [-0.2, -0.15) is 0 Å². The molecule has 2 heterocycles. The van der Waals surface area contributed by atoms with E-state index in [1.165, 1.54) is 29.3 Å². The van der Waals surface area contributed by atoms with Crippen molar-refractivity contribution in [2.24, 2.45) is 11.3 Å². The first-order chi connectivity index (χ1) is 27.2. The van der Waals surface area contributed by atoms with E-state index in [0.29, 0.717) is 38.8 Å². The lowest BCUT2D eigenvalue weighted by Gasteiger charge is -2.36. The van der Waals surface area contributed by atoms with Crippen molar-refractivity contribution in [3.05, 3.63) is 72.4 Å². The number of ketones is 1. The second kappa shape index (κ2) is 24.9. The number of likely N-dealkylation sites (tertiary alicyclic amines) is 1. The van der Waals surface area contributed by atoms with Gasteiger partial charge in [-0.15, -0.1) is 18.9 Å². The summed E-state index contributed by atoms with van der Waals surface area (Å²) in [4.78, 5) is 73.5. The molecule has 0 radical (unpaired) electrons. The Labute approximate surface area is 345 Å². The predicted octanol–water partition coefficient (Wildman–Crippen LogP) is 5.72. The summed E-state index contributed by atoms with van der Waals surface area (Å²) in [6.45, 7) is 18.8. The summed E-state index contributed by atoms with van der Waals surface area (Å²) in [6, 6.07) is 9.95. The number of Topliss-reactive ketones (excluding diaryl/α,β-unsaturated/α-hetero) is 1. The Morgan fingerprint density at radius 2 is 1.67 bits per heavy atom. The quantitative estimate of drug-likeness (QED) is 0.0728. The van der Waals surface area contributed by atoms with Gasteiger partial charge in [-0.1, -0.05) is 91.3 Å². The fourth-order valence-corrected chi connectivity index (χ4v) is 7.39. The van der Waals surface area contributed by atoms with Crippen LogP contribution in [-0.4, -0.2) is 94.6 Å². The molecule has 12 nitrogen and oxygen atoms in total. The number of fused-ring (bicyclic) bond motifs is 1. The third kappa shape index (κ3) is 15.3. The van der Waals surface area contributed by atoms with Crippen LogP contribution in [0.2, 0.25) is 0 Å². The molecule has 2 aliphatic rings. The lowest BCUT2D eigenvalue weighted by molar-refractivity contribution is -0.143. The Morgan fingerprint density at radius 1 is 1.04 bits per heavy atom. The molecule has 1 aliphatic heterocycles. The Bertz CT molecular complexity index is 1630. The molecule has 2 aromatic rings. The van der Waals surface area contributed by atoms with Crippen molar-refractivity contribution in [2.75, 3.05) is 26.7 Å². The van der Waals surface area contributed by atoms with Gasteiger partial charge in [-0.05, 0) is 85.7 Å².